The van der Waals surface area contributed by atoms with E-state index < -0.39 is 5.92 Å². The normalized spacial score (nSPS) is 11.5. The Balaban J connectivity index is 0.00000163. The smallest absolute Gasteiger partial charge is 0.270 e. The van der Waals surface area contributed by atoms with Crippen molar-refractivity contribution >= 4 is 5.57 Å². The molecule has 0 radical (unpaired) electrons. The first-order valence-electron chi connectivity index (χ1n) is 7.99. The van der Waals surface area contributed by atoms with Gasteiger partial charge >= 0.3 is 0 Å². The molecule has 1 N–H and O–H groups in total. The van der Waals surface area contributed by atoms with E-state index in [0.717, 1.165) is 18.1 Å². The maximum absolute atomic E-state index is 13.9. The summed E-state index contributed by atoms with van der Waals surface area (Å²) in [6.07, 6.45) is 8.00. The Hall–Kier alpha value is -3.11. The topological polar surface area (TPSA) is 35.8 Å². The first-order chi connectivity index (χ1) is 12.3. The lowest BCUT2D eigenvalue weighted by Gasteiger charge is -2.16. The minimum atomic E-state index is -2.96. The van der Waals surface area contributed by atoms with Gasteiger partial charge in [-0.05, 0) is 54.3 Å². The fraction of sp³-hybridized carbons (Fsp3) is 0.227. The fourth-order valence-electron chi connectivity index (χ4n) is 2.56. The number of alkyl halides is 2. The Morgan fingerprint density at radius 3 is 2.27 bits per heavy atom. The Kier molecular flexibility index (Phi) is 7.11. The van der Waals surface area contributed by atoms with Gasteiger partial charge in [0.1, 0.15) is 11.8 Å². The molecule has 0 atom stereocenters. The van der Waals surface area contributed by atoms with Crippen molar-refractivity contribution in [2.24, 2.45) is 0 Å². The molecule has 0 aliphatic rings. The molecule has 0 aliphatic heterocycles. The van der Waals surface area contributed by atoms with Crippen molar-refractivity contribution < 1.29 is 8.78 Å². The van der Waals surface area contributed by atoms with Crippen LogP contribution in [0.5, 0.6) is 0 Å². The van der Waals surface area contributed by atoms with Gasteiger partial charge in [-0.25, -0.2) is 8.78 Å². The largest absolute Gasteiger partial charge is 0.379 e. The molecule has 134 valence electrons. The Bertz CT molecular complexity index is 866. The van der Waals surface area contributed by atoms with E-state index in [-0.39, 0.29) is 5.56 Å². The number of allylic oxidation sites excluding steroid dienone is 2. The first kappa shape index (κ1) is 20.9. The molecule has 2 nitrogen and oxygen atoms in total. The first-order valence-corrected chi connectivity index (χ1v) is 7.99. The average molecular weight is 352 g/mol. The van der Waals surface area contributed by atoms with Crippen molar-refractivity contribution in [1.29, 1.82) is 5.26 Å². The molecule has 26 heavy (non-hydrogen) atoms. The van der Waals surface area contributed by atoms with Gasteiger partial charge in [0, 0.05) is 19.5 Å². The summed E-state index contributed by atoms with van der Waals surface area (Å²) in [6, 6.07) is 14.6. The molecule has 0 aliphatic carbocycles. The van der Waals surface area contributed by atoms with Gasteiger partial charge in [-0.2, -0.15) is 5.26 Å². The summed E-state index contributed by atoms with van der Waals surface area (Å²) < 4.78 is 27.9. The molecule has 2 aromatic carbocycles. The van der Waals surface area contributed by atoms with Gasteiger partial charge in [0.05, 0.1) is 0 Å². The summed E-state index contributed by atoms with van der Waals surface area (Å²) in [4.78, 5) is 0. The molecular formula is C22H22F2N2. The monoisotopic (exact) mass is 352 g/mol. The summed E-state index contributed by atoms with van der Waals surface area (Å²) in [5.74, 6) is -2.96. The second kappa shape index (κ2) is 8.83. The van der Waals surface area contributed by atoms with Crippen LogP contribution in [-0.4, -0.2) is 7.05 Å². The molecule has 0 bridgehead atoms. The van der Waals surface area contributed by atoms with Crippen molar-refractivity contribution in [2.45, 2.75) is 26.7 Å². The van der Waals surface area contributed by atoms with Crippen molar-refractivity contribution in [2.75, 3.05) is 7.05 Å². The van der Waals surface area contributed by atoms with Crippen LogP contribution in [0, 0.1) is 31.1 Å². The third-order valence-corrected chi connectivity index (χ3v) is 3.96. The minimum Gasteiger partial charge on any atom is -0.379 e. The fourth-order valence-corrected chi connectivity index (χ4v) is 2.56. The van der Waals surface area contributed by atoms with Gasteiger partial charge < -0.3 is 5.32 Å². The molecule has 2 aromatic rings. The lowest BCUT2D eigenvalue weighted by molar-refractivity contribution is 0.0175. The predicted molar refractivity (Wildman–Crippen MR) is 103 cm³/mol. The lowest BCUT2D eigenvalue weighted by atomic mass is 9.93. The third kappa shape index (κ3) is 4.94. The average Bonchev–Trinajstić information content (AvgIpc) is 2.63. The predicted octanol–water partition coefficient (Wildman–Crippen LogP) is 5.50. The molecule has 0 amide bonds. The molecule has 0 aromatic heterocycles. The van der Waals surface area contributed by atoms with E-state index in [0.29, 0.717) is 22.4 Å². The highest BCUT2D eigenvalue weighted by molar-refractivity contribution is 5.76. The van der Waals surface area contributed by atoms with Gasteiger partial charge in [-0.15, -0.1) is 12.8 Å². The van der Waals surface area contributed by atoms with Crippen LogP contribution in [0.4, 0.5) is 8.78 Å². The molecule has 2 rings (SSSR count). The van der Waals surface area contributed by atoms with E-state index >= 15 is 0 Å². The standard InChI is InChI=1S/C20H20F2N2.C2H2/c1-13-6-5-7-15(8-13)17-9-16(14(2)19(12-23)24-4)10-18(11-17)20(3,21)22;1-2/h5-11,24H,1-4H3;1-2H/b19-14+;. The Labute approximate surface area is 154 Å². The zero-order valence-electron chi connectivity index (χ0n) is 15.4. The summed E-state index contributed by atoms with van der Waals surface area (Å²) >= 11 is 0. The number of rotatable bonds is 4. The van der Waals surface area contributed by atoms with Crippen LogP contribution >= 0.6 is 0 Å². The molecule has 4 heteroatoms. The van der Waals surface area contributed by atoms with Crippen molar-refractivity contribution in [3.05, 3.63) is 64.9 Å². The number of aryl methyl sites for hydroxylation is 1. The van der Waals surface area contributed by atoms with Crippen LogP contribution in [0.25, 0.3) is 16.7 Å². The molecular weight excluding hydrogens is 330 g/mol. The summed E-state index contributed by atoms with van der Waals surface area (Å²) in [5, 5.41) is 12.0. The molecule has 0 saturated carbocycles. The molecule has 0 spiro atoms. The number of hydrogen-bond acceptors (Lipinski definition) is 2. The van der Waals surface area contributed by atoms with E-state index in [1.54, 1.807) is 14.0 Å². The van der Waals surface area contributed by atoms with Crippen LogP contribution in [0.1, 0.15) is 30.5 Å². The highest BCUT2D eigenvalue weighted by atomic mass is 19.3. The van der Waals surface area contributed by atoms with E-state index in [4.69, 9.17) is 0 Å². The molecule has 0 unspecified atom stereocenters. The number of nitrogens with zero attached hydrogens (tertiary/aromatic N) is 1. The highest BCUT2D eigenvalue weighted by Crippen LogP contribution is 2.34. The second-order valence-corrected chi connectivity index (χ2v) is 5.92. The SMILES string of the molecule is C#C.CN/C(C#N)=C(\C)c1cc(-c2cccc(C)c2)cc(C(C)(F)F)c1. The van der Waals surface area contributed by atoms with Crippen LogP contribution in [0.3, 0.4) is 0 Å². The maximum Gasteiger partial charge on any atom is 0.270 e. The van der Waals surface area contributed by atoms with Gasteiger partial charge in [-0.3, -0.25) is 0 Å². The molecule has 0 heterocycles. The minimum absolute atomic E-state index is 0.0655. The number of terminal acetylenes is 1. The number of nitrogens with one attached hydrogen (secondary N) is 1. The Morgan fingerprint density at radius 2 is 1.77 bits per heavy atom. The van der Waals surface area contributed by atoms with Crippen LogP contribution < -0.4 is 5.32 Å². The van der Waals surface area contributed by atoms with Crippen molar-refractivity contribution in [1.82, 2.24) is 5.32 Å². The van der Waals surface area contributed by atoms with Crippen LogP contribution in [-0.2, 0) is 5.92 Å². The van der Waals surface area contributed by atoms with E-state index in [1.807, 2.05) is 37.3 Å². The van der Waals surface area contributed by atoms with E-state index in [9.17, 15) is 14.0 Å². The zero-order valence-corrected chi connectivity index (χ0v) is 15.4. The zero-order chi connectivity index (χ0) is 19.9. The summed E-state index contributed by atoms with van der Waals surface area (Å²) in [7, 11) is 1.64. The summed E-state index contributed by atoms with van der Waals surface area (Å²) in [5.41, 5.74) is 4.18. The number of nitriles is 1. The molecule has 0 fully saturated rings. The number of hydrogen-bond donors (Lipinski definition) is 1. The highest BCUT2D eigenvalue weighted by Gasteiger charge is 2.25. The molecule has 0 saturated heterocycles. The lowest BCUT2D eigenvalue weighted by Crippen LogP contribution is -2.09. The quantitative estimate of drug-likeness (QED) is 0.583. The maximum atomic E-state index is 13.9. The van der Waals surface area contributed by atoms with Gasteiger partial charge in [0.25, 0.3) is 5.92 Å². The second-order valence-electron chi connectivity index (χ2n) is 5.92. The summed E-state index contributed by atoms with van der Waals surface area (Å²) in [6.45, 7) is 4.60. The van der Waals surface area contributed by atoms with Crippen molar-refractivity contribution in [3.8, 4) is 30.0 Å². The van der Waals surface area contributed by atoms with Crippen LogP contribution in [0.2, 0.25) is 0 Å². The van der Waals surface area contributed by atoms with Gasteiger partial charge in [0.2, 0.25) is 0 Å². The van der Waals surface area contributed by atoms with Gasteiger partial charge in [0.15, 0.2) is 0 Å². The van der Waals surface area contributed by atoms with Gasteiger partial charge in [-0.1, -0.05) is 29.8 Å². The Morgan fingerprint density at radius 1 is 1.12 bits per heavy atom. The van der Waals surface area contributed by atoms with E-state index in [1.165, 1.54) is 12.1 Å². The van der Waals surface area contributed by atoms with E-state index in [2.05, 4.69) is 24.2 Å². The van der Waals surface area contributed by atoms with Crippen molar-refractivity contribution in [3.63, 3.8) is 0 Å². The number of halogens is 2. The number of benzene rings is 2. The van der Waals surface area contributed by atoms with Crippen LogP contribution in [0.15, 0.2) is 48.2 Å². The third-order valence-electron chi connectivity index (χ3n) is 3.96.